The van der Waals surface area contributed by atoms with E-state index in [1.54, 1.807) is 6.08 Å². The number of benzene rings is 1. The standard InChI is InChI=1S/C15H18N4O2/c1-3-9-16-15-17-14(20)13(18-19-15)10-11-5-7-12(8-6-11)21-4-2/h3,5-8,13H,1,4,9-10H2,2H3,(H,16,17,20). The molecule has 2 rings (SSSR count). The molecule has 1 aliphatic rings. The molecule has 1 amide bonds. The van der Waals surface area contributed by atoms with Crippen molar-refractivity contribution in [2.45, 2.75) is 19.4 Å². The molecular weight excluding hydrogens is 268 g/mol. The van der Waals surface area contributed by atoms with Crippen LogP contribution in [0.2, 0.25) is 0 Å². The van der Waals surface area contributed by atoms with Gasteiger partial charge in [0.05, 0.1) is 13.2 Å². The van der Waals surface area contributed by atoms with Crippen LogP contribution in [0.4, 0.5) is 0 Å². The van der Waals surface area contributed by atoms with Gasteiger partial charge in [0.15, 0.2) is 6.04 Å². The number of rotatable bonds is 6. The molecule has 0 saturated carbocycles. The summed E-state index contributed by atoms with van der Waals surface area (Å²) in [5.74, 6) is 0.861. The summed E-state index contributed by atoms with van der Waals surface area (Å²) in [6.07, 6.45) is 2.12. The molecule has 1 unspecified atom stereocenters. The molecule has 1 heterocycles. The number of nitrogens with zero attached hydrogens (tertiary/aromatic N) is 3. The molecule has 0 spiro atoms. The van der Waals surface area contributed by atoms with Gasteiger partial charge in [-0.05, 0) is 24.6 Å². The van der Waals surface area contributed by atoms with Crippen molar-refractivity contribution < 1.29 is 9.53 Å². The summed E-state index contributed by atoms with van der Waals surface area (Å²) in [5.41, 5.74) is 1.00. The van der Waals surface area contributed by atoms with Gasteiger partial charge >= 0.3 is 0 Å². The molecule has 0 aliphatic carbocycles. The van der Waals surface area contributed by atoms with Gasteiger partial charge in [-0.1, -0.05) is 18.2 Å². The third-order valence-electron chi connectivity index (χ3n) is 2.86. The number of guanidine groups is 1. The lowest BCUT2D eigenvalue weighted by atomic mass is 10.1. The maximum atomic E-state index is 11.9. The first-order valence-electron chi connectivity index (χ1n) is 6.81. The van der Waals surface area contributed by atoms with Crippen molar-refractivity contribution in [1.29, 1.82) is 0 Å². The molecule has 0 radical (unpaired) electrons. The van der Waals surface area contributed by atoms with E-state index in [-0.39, 0.29) is 11.9 Å². The van der Waals surface area contributed by atoms with E-state index in [2.05, 4.69) is 27.1 Å². The third kappa shape index (κ3) is 4.24. The molecule has 0 bridgehead atoms. The Labute approximate surface area is 123 Å². The molecule has 6 nitrogen and oxygen atoms in total. The molecule has 0 fully saturated rings. The Morgan fingerprint density at radius 2 is 2.19 bits per heavy atom. The van der Waals surface area contributed by atoms with Crippen molar-refractivity contribution in [3.63, 3.8) is 0 Å². The van der Waals surface area contributed by atoms with Crippen LogP contribution in [0.1, 0.15) is 12.5 Å². The zero-order valence-corrected chi connectivity index (χ0v) is 12.0. The number of carbonyl (C=O) groups excluding carboxylic acids is 1. The summed E-state index contributed by atoms with van der Waals surface area (Å²) < 4.78 is 5.38. The minimum absolute atomic E-state index is 0.193. The summed E-state index contributed by atoms with van der Waals surface area (Å²) in [7, 11) is 0. The fourth-order valence-electron chi connectivity index (χ4n) is 1.86. The van der Waals surface area contributed by atoms with Crippen molar-refractivity contribution in [3.05, 3.63) is 42.5 Å². The van der Waals surface area contributed by atoms with Crippen molar-refractivity contribution in [2.24, 2.45) is 15.2 Å². The van der Waals surface area contributed by atoms with E-state index >= 15 is 0 Å². The van der Waals surface area contributed by atoms with Gasteiger partial charge in [0.25, 0.3) is 5.91 Å². The van der Waals surface area contributed by atoms with Gasteiger partial charge in [0.2, 0.25) is 5.96 Å². The van der Waals surface area contributed by atoms with Crippen molar-refractivity contribution in [1.82, 2.24) is 5.32 Å². The van der Waals surface area contributed by atoms with Crippen LogP contribution < -0.4 is 10.1 Å². The molecule has 21 heavy (non-hydrogen) atoms. The highest BCUT2D eigenvalue weighted by atomic mass is 16.5. The first kappa shape index (κ1) is 14.9. The molecule has 1 aliphatic heterocycles. The highest BCUT2D eigenvalue weighted by molar-refractivity contribution is 6.01. The first-order valence-corrected chi connectivity index (χ1v) is 6.81. The van der Waals surface area contributed by atoms with Crippen molar-refractivity contribution in [3.8, 4) is 5.75 Å². The van der Waals surface area contributed by atoms with E-state index in [0.29, 0.717) is 19.6 Å². The summed E-state index contributed by atoms with van der Waals surface area (Å²) in [4.78, 5) is 16.0. The van der Waals surface area contributed by atoms with Crippen LogP contribution in [-0.4, -0.2) is 31.1 Å². The fraction of sp³-hybridized carbons (Fsp3) is 0.333. The normalized spacial score (nSPS) is 19.4. The van der Waals surface area contributed by atoms with E-state index in [0.717, 1.165) is 11.3 Å². The number of aliphatic imine (C=N–C) groups is 1. The van der Waals surface area contributed by atoms with Crippen LogP contribution in [0, 0.1) is 0 Å². The Morgan fingerprint density at radius 1 is 1.43 bits per heavy atom. The van der Waals surface area contributed by atoms with Crippen LogP contribution in [0.15, 0.2) is 52.1 Å². The topological polar surface area (TPSA) is 75.4 Å². The van der Waals surface area contributed by atoms with E-state index in [1.165, 1.54) is 0 Å². The van der Waals surface area contributed by atoms with Crippen molar-refractivity contribution >= 4 is 11.9 Å². The van der Waals surface area contributed by atoms with E-state index in [4.69, 9.17) is 4.74 Å². The van der Waals surface area contributed by atoms with Crippen LogP contribution in [0.25, 0.3) is 0 Å². The molecular formula is C15H18N4O2. The van der Waals surface area contributed by atoms with Crippen LogP contribution >= 0.6 is 0 Å². The summed E-state index contributed by atoms with van der Waals surface area (Å²) >= 11 is 0. The number of ether oxygens (including phenoxy) is 1. The summed E-state index contributed by atoms with van der Waals surface area (Å²) in [5, 5.41) is 10.6. The average molecular weight is 286 g/mol. The molecule has 1 aromatic rings. The van der Waals surface area contributed by atoms with E-state index in [1.807, 2.05) is 31.2 Å². The van der Waals surface area contributed by atoms with Gasteiger partial charge in [-0.2, -0.15) is 5.11 Å². The van der Waals surface area contributed by atoms with Gasteiger partial charge in [-0.15, -0.1) is 11.7 Å². The number of carbonyl (C=O) groups is 1. The molecule has 1 N–H and O–H groups in total. The Kier molecular flexibility index (Phi) is 5.20. The number of nitrogens with one attached hydrogen (secondary N) is 1. The van der Waals surface area contributed by atoms with E-state index in [9.17, 15) is 4.79 Å². The maximum Gasteiger partial charge on any atom is 0.253 e. The zero-order valence-electron chi connectivity index (χ0n) is 12.0. The molecule has 6 heteroatoms. The zero-order chi connectivity index (χ0) is 15.1. The predicted molar refractivity (Wildman–Crippen MR) is 80.6 cm³/mol. The Morgan fingerprint density at radius 3 is 2.81 bits per heavy atom. The first-order chi connectivity index (χ1) is 10.2. The SMILES string of the molecule is C=CCN=C1N=NC(Cc2ccc(OCC)cc2)C(=O)N1. The number of hydrogen-bond donors (Lipinski definition) is 1. The largest absolute Gasteiger partial charge is 0.494 e. The highest BCUT2D eigenvalue weighted by Crippen LogP contribution is 2.15. The molecule has 0 aromatic heterocycles. The second-order valence-electron chi connectivity index (χ2n) is 4.45. The molecule has 1 aromatic carbocycles. The van der Waals surface area contributed by atoms with Crippen molar-refractivity contribution in [2.75, 3.05) is 13.2 Å². The minimum Gasteiger partial charge on any atom is -0.494 e. The number of azo groups is 1. The third-order valence-corrected chi connectivity index (χ3v) is 2.86. The molecule has 110 valence electrons. The second kappa shape index (κ2) is 7.33. The Hall–Kier alpha value is -2.50. The van der Waals surface area contributed by atoms with E-state index < -0.39 is 6.04 Å². The summed E-state index contributed by atoms with van der Waals surface area (Å²) in [6, 6.07) is 7.09. The predicted octanol–water partition coefficient (Wildman–Crippen LogP) is 2.12. The van der Waals surface area contributed by atoms with Crippen LogP contribution in [0.3, 0.4) is 0 Å². The maximum absolute atomic E-state index is 11.9. The Bertz CT molecular complexity index is 564. The monoisotopic (exact) mass is 286 g/mol. The lowest BCUT2D eigenvalue weighted by Crippen LogP contribution is -2.41. The van der Waals surface area contributed by atoms with Gasteiger partial charge in [0.1, 0.15) is 5.75 Å². The highest BCUT2D eigenvalue weighted by Gasteiger charge is 2.23. The number of amides is 1. The van der Waals surface area contributed by atoms with Crippen LogP contribution in [-0.2, 0) is 11.2 Å². The fourth-order valence-corrected chi connectivity index (χ4v) is 1.86. The average Bonchev–Trinajstić information content (AvgIpc) is 2.50. The lowest BCUT2D eigenvalue weighted by Gasteiger charge is -2.16. The van der Waals surface area contributed by atoms with Gasteiger partial charge in [0, 0.05) is 6.42 Å². The van der Waals surface area contributed by atoms with Gasteiger partial charge in [-0.3, -0.25) is 10.1 Å². The quantitative estimate of drug-likeness (QED) is 0.813. The Balaban J connectivity index is 2.00. The second-order valence-corrected chi connectivity index (χ2v) is 4.45. The lowest BCUT2D eigenvalue weighted by molar-refractivity contribution is -0.121. The molecule has 1 atom stereocenters. The number of hydrogen-bond acceptors (Lipinski definition) is 4. The van der Waals surface area contributed by atoms with Gasteiger partial charge < -0.3 is 4.74 Å². The van der Waals surface area contributed by atoms with Gasteiger partial charge in [-0.25, -0.2) is 4.99 Å². The minimum atomic E-state index is -0.523. The van der Waals surface area contributed by atoms with Crippen LogP contribution in [0.5, 0.6) is 5.75 Å². The molecule has 0 saturated heterocycles. The summed E-state index contributed by atoms with van der Waals surface area (Å²) in [6.45, 7) is 6.52. The smallest absolute Gasteiger partial charge is 0.253 e.